The van der Waals surface area contributed by atoms with E-state index in [-0.39, 0.29) is 27.1 Å². The van der Waals surface area contributed by atoms with E-state index in [1.54, 1.807) is 0 Å². The lowest BCUT2D eigenvalue weighted by Gasteiger charge is -2.09. The molecular formula is C13H11ClN2O5S. The van der Waals surface area contributed by atoms with Crippen LogP contribution in [0.1, 0.15) is 0 Å². The van der Waals surface area contributed by atoms with Crippen molar-refractivity contribution in [1.82, 2.24) is 4.72 Å². The van der Waals surface area contributed by atoms with E-state index in [2.05, 4.69) is 4.72 Å². The first kappa shape index (κ1) is 16.2. The Morgan fingerprint density at radius 1 is 1.18 bits per heavy atom. The number of hydrogen-bond donors (Lipinski definition) is 1. The SMILES string of the molecule is CNS(=O)(=O)c1ccc(Oc2c(Cl)cccc2[N+](=O)[O-])cc1. The molecule has 2 rings (SSSR count). The van der Waals surface area contributed by atoms with Crippen molar-refractivity contribution in [2.24, 2.45) is 0 Å². The van der Waals surface area contributed by atoms with Gasteiger partial charge in [-0.15, -0.1) is 0 Å². The molecule has 0 unspecified atom stereocenters. The van der Waals surface area contributed by atoms with Crippen LogP contribution in [0.4, 0.5) is 5.69 Å². The molecule has 0 bridgehead atoms. The number of benzene rings is 2. The minimum Gasteiger partial charge on any atom is -0.449 e. The molecule has 22 heavy (non-hydrogen) atoms. The van der Waals surface area contributed by atoms with Crippen LogP contribution in [0.25, 0.3) is 0 Å². The number of nitro groups is 1. The van der Waals surface area contributed by atoms with Gasteiger partial charge in [0.25, 0.3) is 0 Å². The van der Waals surface area contributed by atoms with Gasteiger partial charge < -0.3 is 4.74 Å². The minimum absolute atomic E-state index is 0.0519. The second-order valence-corrected chi connectivity index (χ2v) is 6.42. The second kappa shape index (κ2) is 6.30. The average Bonchev–Trinajstić information content (AvgIpc) is 2.49. The van der Waals surface area contributed by atoms with Crippen LogP contribution in [-0.4, -0.2) is 20.4 Å². The second-order valence-electron chi connectivity index (χ2n) is 4.13. The van der Waals surface area contributed by atoms with Gasteiger partial charge in [-0.05, 0) is 37.4 Å². The number of nitro benzene ring substituents is 1. The minimum atomic E-state index is -3.56. The zero-order valence-corrected chi connectivity index (χ0v) is 12.9. The molecule has 0 fully saturated rings. The molecule has 0 saturated carbocycles. The van der Waals surface area contributed by atoms with Crippen molar-refractivity contribution in [2.75, 3.05) is 7.05 Å². The van der Waals surface area contributed by atoms with E-state index in [0.717, 1.165) is 0 Å². The largest absolute Gasteiger partial charge is 0.449 e. The molecule has 0 atom stereocenters. The Balaban J connectivity index is 2.35. The Bertz CT molecular complexity index is 806. The zero-order chi connectivity index (χ0) is 16.3. The van der Waals surface area contributed by atoms with Crippen LogP contribution in [0, 0.1) is 10.1 Å². The Morgan fingerprint density at radius 3 is 2.36 bits per heavy atom. The van der Waals surface area contributed by atoms with Crippen molar-refractivity contribution in [3.05, 3.63) is 57.6 Å². The van der Waals surface area contributed by atoms with E-state index in [1.807, 2.05) is 0 Å². The summed E-state index contributed by atoms with van der Waals surface area (Å²) in [5.41, 5.74) is -0.278. The van der Waals surface area contributed by atoms with Gasteiger partial charge in [0.05, 0.1) is 14.8 Å². The van der Waals surface area contributed by atoms with Crippen molar-refractivity contribution in [3.63, 3.8) is 0 Å². The fraction of sp³-hybridized carbons (Fsp3) is 0.0769. The normalized spacial score (nSPS) is 11.2. The summed E-state index contributed by atoms with van der Waals surface area (Å²) in [4.78, 5) is 10.4. The number of ether oxygens (including phenoxy) is 1. The summed E-state index contributed by atoms with van der Waals surface area (Å²) in [7, 11) is -2.26. The number of hydrogen-bond acceptors (Lipinski definition) is 5. The van der Waals surface area contributed by atoms with Gasteiger partial charge in [0.2, 0.25) is 15.8 Å². The van der Waals surface area contributed by atoms with Crippen LogP contribution < -0.4 is 9.46 Å². The van der Waals surface area contributed by atoms with E-state index in [9.17, 15) is 18.5 Å². The molecule has 0 saturated heterocycles. The molecular weight excluding hydrogens is 332 g/mol. The lowest BCUT2D eigenvalue weighted by molar-refractivity contribution is -0.385. The fourth-order valence-electron chi connectivity index (χ4n) is 1.66. The number of halogens is 1. The summed E-state index contributed by atoms with van der Waals surface area (Å²) < 4.78 is 30.8. The van der Waals surface area contributed by atoms with E-state index in [0.29, 0.717) is 0 Å². The number of nitrogens with zero attached hydrogens (tertiary/aromatic N) is 1. The average molecular weight is 343 g/mol. The first-order valence-corrected chi connectivity index (χ1v) is 7.85. The molecule has 9 heteroatoms. The molecule has 2 aromatic carbocycles. The fourth-order valence-corrected chi connectivity index (χ4v) is 2.60. The summed E-state index contributed by atoms with van der Waals surface area (Å²) in [6, 6.07) is 9.59. The van der Waals surface area contributed by atoms with Gasteiger partial charge in [-0.2, -0.15) is 0 Å². The van der Waals surface area contributed by atoms with Gasteiger partial charge in [0, 0.05) is 6.07 Å². The van der Waals surface area contributed by atoms with Gasteiger partial charge in [-0.3, -0.25) is 10.1 Å². The van der Waals surface area contributed by atoms with Gasteiger partial charge >= 0.3 is 5.69 Å². The topological polar surface area (TPSA) is 98.5 Å². The third-order valence-corrected chi connectivity index (χ3v) is 4.49. The van der Waals surface area contributed by atoms with Crippen molar-refractivity contribution in [2.45, 2.75) is 4.90 Å². The Hall–Kier alpha value is -2.16. The summed E-state index contributed by atoms with van der Waals surface area (Å²) in [5, 5.41) is 11.1. The summed E-state index contributed by atoms with van der Waals surface area (Å²) >= 11 is 5.91. The molecule has 0 spiro atoms. The van der Waals surface area contributed by atoms with Crippen molar-refractivity contribution < 1.29 is 18.1 Å². The summed E-state index contributed by atoms with van der Waals surface area (Å²) in [6.07, 6.45) is 0. The Kier molecular flexibility index (Phi) is 4.65. The lowest BCUT2D eigenvalue weighted by atomic mass is 10.3. The van der Waals surface area contributed by atoms with Crippen LogP contribution in [0.5, 0.6) is 11.5 Å². The van der Waals surface area contributed by atoms with Crippen LogP contribution in [0.2, 0.25) is 5.02 Å². The lowest BCUT2D eigenvalue weighted by Crippen LogP contribution is -2.18. The molecule has 7 nitrogen and oxygen atoms in total. The van der Waals surface area contributed by atoms with E-state index < -0.39 is 14.9 Å². The number of sulfonamides is 1. The van der Waals surface area contributed by atoms with Crippen LogP contribution in [0.3, 0.4) is 0 Å². The van der Waals surface area contributed by atoms with Crippen LogP contribution in [0.15, 0.2) is 47.4 Å². The molecule has 116 valence electrons. The maximum atomic E-state index is 11.6. The van der Waals surface area contributed by atoms with E-state index >= 15 is 0 Å². The smallest absolute Gasteiger partial charge is 0.313 e. The Labute approximate surface area is 131 Å². The highest BCUT2D eigenvalue weighted by molar-refractivity contribution is 7.89. The van der Waals surface area contributed by atoms with Gasteiger partial charge in [0.15, 0.2) is 0 Å². The zero-order valence-electron chi connectivity index (χ0n) is 11.3. The molecule has 0 amide bonds. The summed E-state index contributed by atoms with van der Waals surface area (Å²) in [6.45, 7) is 0. The third-order valence-electron chi connectivity index (χ3n) is 2.77. The van der Waals surface area contributed by atoms with Gasteiger partial charge in [-0.1, -0.05) is 17.7 Å². The highest BCUT2D eigenvalue weighted by Gasteiger charge is 2.19. The molecule has 1 N–H and O–H groups in total. The Morgan fingerprint density at radius 2 is 1.82 bits per heavy atom. The highest BCUT2D eigenvalue weighted by Crippen LogP contribution is 2.37. The van der Waals surface area contributed by atoms with Crippen molar-refractivity contribution in [1.29, 1.82) is 0 Å². The standard InChI is InChI=1S/C13H11ClN2O5S/c1-15-22(19,20)10-7-5-9(6-8-10)21-13-11(14)3-2-4-12(13)16(17)18/h2-8,15H,1H3. The van der Waals surface area contributed by atoms with Crippen LogP contribution >= 0.6 is 11.6 Å². The molecule has 0 radical (unpaired) electrons. The molecule has 0 aliphatic rings. The predicted octanol–water partition coefficient (Wildman–Crippen LogP) is 2.95. The third kappa shape index (κ3) is 3.35. The molecule has 0 heterocycles. The number of nitrogens with one attached hydrogen (secondary N) is 1. The van der Waals surface area contributed by atoms with E-state index in [4.69, 9.17) is 16.3 Å². The van der Waals surface area contributed by atoms with Crippen molar-refractivity contribution >= 4 is 27.3 Å². The molecule has 2 aromatic rings. The van der Waals surface area contributed by atoms with Crippen LogP contribution in [-0.2, 0) is 10.0 Å². The first-order chi connectivity index (χ1) is 10.3. The quantitative estimate of drug-likeness (QED) is 0.665. The van der Waals surface area contributed by atoms with Gasteiger partial charge in [-0.25, -0.2) is 13.1 Å². The van der Waals surface area contributed by atoms with Crippen molar-refractivity contribution in [3.8, 4) is 11.5 Å². The maximum Gasteiger partial charge on any atom is 0.313 e. The molecule has 0 aliphatic heterocycles. The van der Waals surface area contributed by atoms with E-state index in [1.165, 1.54) is 49.5 Å². The monoisotopic (exact) mass is 342 g/mol. The molecule has 0 aliphatic carbocycles. The first-order valence-electron chi connectivity index (χ1n) is 5.99. The molecule has 0 aromatic heterocycles. The van der Waals surface area contributed by atoms with Gasteiger partial charge in [0.1, 0.15) is 5.75 Å². The summed E-state index contributed by atoms with van der Waals surface area (Å²) in [5.74, 6) is 0.129. The maximum absolute atomic E-state index is 11.6. The number of rotatable bonds is 5. The number of para-hydroxylation sites is 1. The predicted molar refractivity (Wildman–Crippen MR) is 80.9 cm³/mol. The highest BCUT2D eigenvalue weighted by atomic mass is 35.5.